The van der Waals surface area contributed by atoms with Gasteiger partial charge in [0.15, 0.2) is 5.58 Å². The zero-order chi connectivity index (χ0) is 21.7. The van der Waals surface area contributed by atoms with Gasteiger partial charge in [0.2, 0.25) is 5.89 Å². The third kappa shape index (κ3) is 5.02. The van der Waals surface area contributed by atoms with Gasteiger partial charge >= 0.3 is 6.18 Å². The predicted octanol–water partition coefficient (Wildman–Crippen LogP) is 7.54. The summed E-state index contributed by atoms with van der Waals surface area (Å²) in [5.74, 6) is 1.01. The molecule has 0 aliphatic carbocycles. The molecule has 0 spiro atoms. The van der Waals surface area contributed by atoms with E-state index in [1.54, 1.807) is 30.2 Å². The number of rotatable bonds is 4. The van der Waals surface area contributed by atoms with Crippen LogP contribution in [-0.2, 0) is 11.9 Å². The van der Waals surface area contributed by atoms with Crippen molar-refractivity contribution < 1.29 is 17.6 Å². The van der Waals surface area contributed by atoms with E-state index in [1.807, 2.05) is 20.8 Å². The van der Waals surface area contributed by atoms with Gasteiger partial charge in [-0.05, 0) is 36.8 Å². The minimum Gasteiger partial charge on any atom is -0.436 e. The molecule has 0 fully saturated rings. The highest BCUT2D eigenvalue weighted by molar-refractivity contribution is 7.98. The Hall–Kier alpha value is -2.80. The maximum Gasteiger partial charge on any atom is 0.416 e. The Bertz CT molecular complexity index is 1120. The Morgan fingerprint density at radius 2 is 1.73 bits per heavy atom. The van der Waals surface area contributed by atoms with Crippen LogP contribution in [0.15, 0.2) is 70.2 Å². The van der Waals surface area contributed by atoms with Crippen molar-refractivity contribution in [2.45, 2.75) is 37.6 Å². The fourth-order valence-electron chi connectivity index (χ4n) is 2.74. The number of halogens is 3. The molecule has 2 aromatic heterocycles. The summed E-state index contributed by atoms with van der Waals surface area (Å²) in [4.78, 5) is 9.29. The molecule has 7 heteroatoms. The molecule has 0 aliphatic heterocycles. The molecule has 0 aliphatic rings. The lowest BCUT2D eigenvalue weighted by atomic mass is 10.2. The number of oxazole rings is 1. The zero-order valence-electron chi connectivity index (χ0n) is 16.8. The van der Waals surface area contributed by atoms with Gasteiger partial charge in [-0.3, -0.25) is 4.98 Å². The van der Waals surface area contributed by atoms with E-state index in [1.165, 1.54) is 11.6 Å². The lowest BCUT2D eigenvalue weighted by molar-refractivity contribution is -0.137. The first-order chi connectivity index (χ1) is 14.4. The molecule has 0 saturated heterocycles. The van der Waals surface area contributed by atoms with Gasteiger partial charge in [-0.1, -0.05) is 43.7 Å². The molecule has 0 atom stereocenters. The standard InChI is InChI=1S/C21H15F3N2OS.C2H6/c1-13-2-4-14(5-3-13)12-28-19-11-25-9-8-16(19)20-26-17-10-15(21(22,23)24)6-7-18(17)27-20;1-2/h2-11H,12H2,1H3;1-2H3. The Balaban J connectivity index is 0.00000124. The van der Waals surface area contributed by atoms with Crippen LogP contribution < -0.4 is 0 Å². The van der Waals surface area contributed by atoms with Crippen molar-refractivity contribution in [2.24, 2.45) is 0 Å². The number of aryl methyl sites for hydroxylation is 1. The van der Waals surface area contributed by atoms with E-state index in [9.17, 15) is 13.2 Å². The van der Waals surface area contributed by atoms with Gasteiger partial charge in [-0.2, -0.15) is 13.2 Å². The lowest BCUT2D eigenvalue weighted by Crippen LogP contribution is -2.03. The summed E-state index contributed by atoms with van der Waals surface area (Å²) >= 11 is 1.58. The van der Waals surface area contributed by atoms with Crippen molar-refractivity contribution >= 4 is 22.9 Å². The number of pyridine rings is 1. The number of thioether (sulfide) groups is 1. The zero-order valence-corrected chi connectivity index (χ0v) is 17.6. The molecule has 0 amide bonds. The summed E-state index contributed by atoms with van der Waals surface area (Å²) in [6.45, 7) is 6.04. The molecule has 3 nitrogen and oxygen atoms in total. The molecular weight excluding hydrogens is 409 g/mol. The summed E-state index contributed by atoms with van der Waals surface area (Å²) < 4.78 is 44.5. The van der Waals surface area contributed by atoms with Crippen LogP contribution in [0, 0.1) is 6.92 Å². The molecule has 0 N–H and O–H groups in total. The van der Waals surface area contributed by atoms with E-state index in [2.05, 4.69) is 34.2 Å². The SMILES string of the molecule is CC.Cc1ccc(CSc2cnccc2-c2nc3cc(C(F)(F)F)ccc3o2)cc1. The number of alkyl halides is 3. The molecule has 0 bridgehead atoms. The molecule has 4 rings (SSSR count). The normalized spacial score (nSPS) is 11.3. The predicted molar refractivity (Wildman–Crippen MR) is 114 cm³/mol. The van der Waals surface area contributed by atoms with Crippen molar-refractivity contribution in [2.75, 3.05) is 0 Å². The number of aromatic nitrogens is 2. The number of hydrogen-bond donors (Lipinski definition) is 0. The maximum atomic E-state index is 12.9. The first-order valence-corrected chi connectivity index (χ1v) is 10.5. The first-order valence-electron chi connectivity index (χ1n) is 9.51. The van der Waals surface area contributed by atoms with Crippen molar-refractivity contribution in [1.29, 1.82) is 0 Å². The summed E-state index contributed by atoms with van der Waals surface area (Å²) in [7, 11) is 0. The quantitative estimate of drug-likeness (QED) is 0.314. The Morgan fingerprint density at radius 3 is 2.43 bits per heavy atom. The summed E-state index contributed by atoms with van der Waals surface area (Å²) in [6.07, 6.45) is -1.09. The van der Waals surface area contributed by atoms with Gasteiger partial charge in [0.25, 0.3) is 0 Å². The Kier molecular flexibility index (Phi) is 6.82. The highest BCUT2D eigenvalue weighted by Crippen LogP contribution is 2.36. The third-order valence-electron chi connectivity index (χ3n) is 4.24. The molecule has 156 valence electrons. The smallest absolute Gasteiger partial charge is 0.416 e. The van der Waals surface area contributed by atoms with Gasteiger partial charge in [0.05, 0.1) is 11.1 Å². The second kappa shape index (κ2) is 9.34. The average molecular weight is 430 g/mol. The van der Waals surface area contributed by atoms with Crippen molar-refractivity contribution in [3.8, 4) is 11.5 Å². The minimum atomic E-state index is -4.42. The first kappa shape index (κ1) is 21.9. The maximum absolute atomic E-state index is 12.9. The van der Waals surface area contributed by atoms with Crippen LogP contribution in [0.3, 0.4) is 0 Å². The number of nitrogens with zero attached hydrogens (tertiary/aromatic N) is 2. The molecule has 4 aromatic rings. The van der Waals surface area contributed by atoms with E-state index < -0.39 is 11.7 Å². The van der Waals surface area contributed by atoms with Gasteiger partial charge in [0, 0.05) is 23.0 Å². The summed E-state index contributed by atoms with van der Waals surface area (Å²) in [5, 5.41) is 0. The lowest BCUT2D eigenvalue weighted by Gasteiger charge is -2.06. The van der Waals surface area contributed by atoms with Crippen molar-refractivity contribution in [3.63, 3.8) is 0 Å². The second-order valence-corrected chi connectivity index (χ2v) is 7.36. The minimum absolute atomic E-state index is 0.177. The van der Waals surface area contributed by atoms with E-state index in [4.69, 9.17) is 4.42 Å². The summed E-state index contributed by atoms with van der Waals surface area (Å²) in [5.41, 5.74) is 2.81. The average Bonchev–Trinajstić information content (AvgIpc) is 3.18. The molecule has 0 unspecified atom stereocenters. The van der Waals surface area contributed by atoms with Crippen LogP contribution in [0.4, 0.5) is 13.2 Å². The van der Waals surface area contributed by atoms with Crippen molar-refractivity contribution in [1.82, 2.24) is 9.97 Å². The fraction of sp³-hybridized carbons (Fsp3) is 0.217. The van der Waals surface area contributed by atoms with Crippen molar-refractivity contribution in [3.05, 3.63) is 77.6 Å². The summed E-state index contributed by atoms with van der Waals surface area (Å²) in [6, 6.07) is 13.3. The number of fused-ring (bicyclic) bond motifs is 1. The van der Waals surface area contributed by atoms with E-state index in [-0.39, 0.29) is 11.4 Å². The van der Waals surface area contributed by atoms with Crippen LogP contribution in [0.2, 0.25) is 0 Å². The van der Waals surface area contributed by atoms with Crippen LogP contribution in [-0.4, -0.2) is 9.97 Å². The Labute approximate surface area is 177 Å². The second-order valence-electron chi connectivity index (χ2n) is 6.35. The Morgan fingerprint density at radius 1 is 1.00 bits per heavy atom. The molecule has 0 radical (unpaired) electrons. The van der Waals surface area contributed by atoms with Gasteiger partial charge < -0.3 is 4.42 Å². The van der Waals surface area contributed by atoms with E-state index in [0.29, 0.717) is 11.1 Å². The molecule has 30 heavy (non-hydrogen) atoms. The molecule has 2 aromatic carbocycles. The van der Waals surface area contributed by atoms with Gasteiger partial charge in [-0.25, -0.2) is 4.98 Å². The number of hydrogen-bond acceptors (Lipinski definition) is 4. The van der Waals surface area contributed by atoms with Gasteiger partial charge in [-0.15, -0.1) is 11.8 Å². The molecular formula is C23H21F3N2OS. The largest absolute Gasteiger partial charge is 0.436 e. The van der Waals surface area contributed by atoms with Crippen LogP contribution >= 0.6 is 11.8 Å². The molecule has 2 heterocycles. The van der Waals surface area contributed by atoms with Gasteiger partial charge in [0.1, 0.15) is 5.52 Å². The van der Waals surface area contributed by atoms with Crippen LogP contribution in [0.1, 0.15) is 30.5 Å². The number of benzene rings is 2. The van der Waals surface area contributed by atoms with E-state index in [0.717, 1.165) is 28.3 Å². The third-order valence-corrected chi connectivity index (χ3v) is 5.36. The highest BCUT2D eigenvalue weighted by atomic mass is 32.2. The topological polar surface area (TPSA) is 38.9 Å². The van der Waals surface area contributed by atoms with E-state index >= 15 is 0 Å². The van der Waals surface area contributed by atoms with Crippen LogP contribution in [0.25, 0.3) is 22.6 Å². The molecule has 0 saturated carbocycles. The fourth-order valence-corrected chi connectivity index (χ4v) is 3.70. The highest BCUT2D eigenvalue weighted by Gasteiger charge is 2.31. The van der Waals surface area contributed by atoms with Crippen LogP contribution in [0.5, 0.6) is 0 Å². The monoisotopic (exact) mass is 430 g/mol.